The zero-order valence-corrected chi connectivity index (χ0v) is 19.4. The van der Waals surface area contributed by atoms with Crippen molar-refractivity contribution in [3.63, 3.8) is 0 Å². The summed E-state index contributed by atoms with van der Waals surface area (Å²) in [7, 11) is 1.65. The minimum Gasteiger partial charge on any atom is -0.494 e. The van der Waals surface area contributed by atoms with Crippen LogP contribution in [-0.2, 0) is 6.54 Å². The molecule has 0 bridgehead atoms. The largest absolute Gasteiger partial charge is 0.494 e. The summed E-state index contributed by atoms with van der Waals surface area (Å²) in [6, 6.07) is 21.8. The van der Waals surface area contributed by atoms with Crippen LogP contribution in [0, 0.1) is 6.92 Å². The minimum atomic E-state index is -0.0453. The monoisotopic (exact) mass is 448 g/mol. The van der Waals surface area contributed by atoms with Crippen LogP contribution in [0.25, 0.3) is 10.2 Å². The third kappa shape index (κ3) is 4.45. The number of hydrogen-bond donors (Lipinski definition) is 0. The third-order valence-corrected chi connectivity index (χ3v) is 7.16. The normalized spacial score (nSPS) is 10.9. The molecule has 0 spiro atoms. The summed E-state index contributed by atoms with van der Waals surface area (Å²) in [5.74, 6) is 1.58. The quantitative estimate of drug-likeness (QED) is 0.300. The molecule has 0 N–H and O–H groups in total. The van der Waals surface area contributed by atoms with Crippen molar-refractivity contribution in [2.75, 3.05) is 17.8 Å². The number of carbonyl (C=O) groups excluding carboxylic acids is 1. The molecule has 31 heavy (non-hydrogen) atoms. The molecule has 6 heteroatoms. The Bertz CT molecular complexity index is 1200. The van der Waals surface area contributed by atoms with Gasteiger partial charge in [-0.25, -0.2) is 4.98 Å². The third-order valence-electron chi connectivity index (χ3n) is 4.99. The topological polar surface area (TPSA) is 42.4 Å². The van der Waals surface area contributed by atoms with Gasteiger partial charge in [0.05, 0.1) is 23.9 Å². The Balaban J connectivity index is 1.83. The Morgan fingerprint density at radius 2 is 1.81 bits per heavy atom. The van der Waals surface area contributed by atoms with E-state index in [0.29, 0.717) is 17.2 Å². The second kappa shape index (κ2) is 9.54. The van der Waals surface area contributed by atoms with Gasteiger partial charge in [0.15, 0.2) is 5.13 Å². The van der Waals surface area contributed by atoms with Crippen molar-refractivity contribution in [1.82, 2.24) is 4.98 Å². The van der Waals surface area contributed by atoms with Gasteiger partial charge >= 0.3 is 0 Å². The molecule has 1 heterocycles. The molecule has 4 aromatic rings. The highest BCUT2D eigenvalue weighted by Crippen LogP contribution is 2.38. The predicted octanol–water partition coefficient (Wildman–Crippen LogP) is 6.57. The van der Waals surface area contributed by atoms with E-state index in [2.05, 4.69) is 13.8 Å². The van der Waals surface area contributed by atoms with Crippen LogP contribution in [0.15, 0.2) is 71.6 Å². The number of aromatic nitrogens is 1. The van der Waals surface area contributed by atoms with Gasteiger partial charge in [0, 0.05) is 4.90 Å². The average Bonchev–Trinajstić information content (AvgIpc) is 3.25. The number of hydrogen-bond acceptors (Lipinski definition) is 5. The number of aryl methyl sites for hydroxylation is 1. The van der Waals surface area contributed by atoms with Crippen molar-refractivity contribution in [3.05, 3.63) is 83.4 Å². The smallest absolute Gasteiger partial charge is 0.261 e. The summed E-state index contributed by atoms with van der Waals surface area (Å²) in [6.45, 7) is 4.60. The standard InChI is InChI=1S/C25H24N2O2S2/c1-4-30-21-13-9-8-12-19(21)24(28)27(16-18-10-6-5-7-11-18)25-26-22-20(29-3)15-14-17(2)23(22)31-25/h5-15H,4,16H2,1-3H3. The number of amides is 1. The molecule has 0 aliphatic heterocycles. The first kappa shape index (κ1) is 21.4. The lowest BCUT2D eigenvalue weighted by Crippen LogP contribution is -2.30. The lowest BCUT2D eigenvalue weighted by molar-refractivity contribution is 0.0982. The number of rotatable bonds is 7. The number of nitrogens with zero attached hydrogens (tertiary/aromatic N) is 2. The first-order chi connectivity index (χ1) is 15.1. The number of carbonyl (C=O) groups is 1. The summed E-state index contributed by atoms with van der Waals surface area (Å²) in [5, 5.41) is 0.674. The Labute approximate surface area is 190 Å². The number of anilines is 1. The average molecular weight is 449 g/mol. The number of ether oxygens (including phenoxy) is 1. The zero-order chi connectivity index (χ0) is 21.8. The highest BCUT2D eigenvalue weighted by Gasteiger charge is 2.25. The van der Waals surface area contributed by atoms with Crippen LogP contribution in [-0.4, -0.2) is 23.8 Å². The fraction of sp³-hybridized carbons (Fsp3) is 0.200. The van der Waals surface area contributed by atoms with Gasteiger partial charge in [-0.3, -0.25) is 9.69 Å². The van der Waals surface area contributed by atoms with Crippen molar-refractivity contribution in [2.24, 2.45) is 0 Å². The molecule has 1 amide bonds. The van der Waals surface area contributed by atoms with E-state index in [1.54, 1.807) is 23.8 Å². The van der Waals surface area contributed by atoms with Gasteiger partial charge in [-0.15, -0.1) is 11.8 Å². The second-order valence-corrected chi connectivity index (χ2v) is 9.35. The van der Waals surface area contributed by atoms with E-state index < -0.39 is 0 Å². The lowest BCUT2D eigenvalue weighted by atomic mass is 10.1. The van der Waals surface area contributed by atoms with E-state index in [-0.39, 0.29) is 5.91 Å². The molecular weight excluding hydrogens is 424 g/mol. The maximum Gasteiger partial charge on any atom is 0.261 e. The van der Waals surface area contributed by atoms with E-state index >= 15 is 0 Å². The highest BCUT2D eigenvalue weighted by atomic mass is 32.2. The Hall–Kier alpha value is -2.83. The lowest BCUT2D eigenvalue weighted by Gasteiger charge is -2.21. The SMILES string of the molecule is CCSc1ccccc1C(=O)N(Cc1ccccc1)c1nc2c(OC)ccc(C)c2s1. The van der Waals surface area contributed by atoms with E-state index in [9.17, 15) is 4.79 Å². The molecule has 0 saturated heterocycles. The van der Waals surface area contributed by atoms with E-state index in [0.717, 1.165) is 37.7 Å². The molecule has 0 aliphatic rings. The van der Waals surface area contributed by atoms with Gasteiger partial charge in [-0.05, 0) is 42.0 Å². The molecule has 158 valence electrons. The maximum atomic E-state index is 13.8. The molecule has 0 unspecified atom stereocenters. The molecule has 0 fully saturated rings. The number of fused-ring (bicyclic) bond motifs is 1. The van der Waals surface area contributed by atoms with Crippen LogP contribution >= 0.6 is 23.1 Å². The molecule has 4 nitrogen and oxygen atoms in total. The van der Waals surface area contributed by atoms with Gasteiger partial charge in [0.25, 0.3) is 5.91 Å². The first-order valence-electron chi connectivity index (χ1n) is 10.1. The zero-order valence-electron chi connectivity index (χ0n) is 17.8. The summed E-state index contributed by atoms with van der Waals surface area (Å²) in [5.41, 5.74) is 3.67. The molecule has 1 aromatic heterocycles. The van der Waals surface area contributed by atoms with Crippen molar-refractivity contribution in [1.29, 1.82) is 0 Å². The van der Waals surface area contributed by atoms with Crippen molar-refractivity contribution < 1.29 is 9.53 Å². The first-order valence-corrected chi connectivity index (χ1v) is 11.9. The summed E-state index contributed by atoms with van der Waals surface area (Å²) >= 11 is 3.21. The number of methoxy groups -OCH3 is 1. The van der Waals surface area contributed by atoms with Crippen molar-refractivity contribution in [3.8, 4) is 5.75 Å². The summed E-state index contributed by atoms with van der Waals surface area (Å²) in [4.78, 5) is 21.4. The van der Waals surface area contributed by atoms with Gasteiger partial charge < -0.3 is 4.74 Å². The molecule has 0 saturated carbocycles. The van der Waals surface area contributed by atoms with Gasteiger partial charge in [0.1, 0.15) is 11.3 Å². The van der Waals surface area contributed by atoms with E-state index in [1.165, 1.54) is 11.3 Å². The van der Waals surface area contributed by atoms with Crippen LogP contribution in [0.5, 0.6) is 5.75 Å². The predicted molar refractivity (Wildman–Crippen MR) is 131 cm³/mol. The van der Waals surface area contributed by atoms with Crippen molar-refractivity contribution >= 4 is 44.4 Å². The van der Waals surface area contributed by atoms with Crippen molar-refractivity contribution in [2.45, 2.75) is 25.3 Å². The molecule has 0 atom stereocenters. The molecule has 0 radical (unpaired) electrons. The number of benzene rings is 3. The van der Waals surface area contributed by atoms with Gasteiger partial charge in [-0.2, -0.15) is 0 Å². The Kier molecular flexibility index (Phi) is 6.59. The Morgan fingerprint density at radius 3 is 2.55 bits per heavy atom. The van der Waals surface area contributed by atoms with Crippen LogP contribution in [0.1, 0.15) is 28.4 Å². The van der Waals surface area contributed by atoms with Gasteiger partial charge in [0.2, 0.25) is 0 Å². The fourth-order valence-corrected chi connectivity index (χ4v) is 5.29. The molecular formula is C25H24N2O2S2. The van der Waals surface area contributed by atoms with Crippen LogP contribution in [0.2, 0.25) is 0 Å². The number of thiazole rings is 1. The maximum absolute atomic E-state index is 13.8. The van der Waals surface area contributed by atoms with Crippen LogP contribution in [0.3, 0.4) is 0 Å². The highest BCUT2D eigenvalue weighted by molar-refractivity contribution is 7.99. The number of thioether (sulfide) groups is 1. The summed E-state index contributed by atoms with van der Waals surface area (Å²) < 4.78 is 6.57. The van der Waals surface area contributed by atoms with E-state index in [4.69, 9.17) is 9.72 Å². The Morgan fingerprint density at radius 1 is 1.06 bits per heavy atom. The molecule has 3 aromatic carbocycles. The van der Waals surface area contributed by atoms with E-state index in [1.807, 2.05) is 66.7 Å². The molecule has 0 aliphatic carbocycles. The second-order valence-electron chi connectivity index (χ2n) is 7.06. The van der Waals surface area contributed by atoms with Gasteiger partial charge in [-0.1, -0.05) is 66.8 Å². The van der Waals surface area contributed by atoms with Crippen LogP contribution < -0.4 is 9.64 Å². The fourth-order valence-electron chi connectivity index (χ4n) is 3.44. The molecule has 4 rings (SSSR count). The minimum absolute atomic E-state index is 0.0453. The van der Waals surface area contributed by atoms with Crippen LogP contribution in [0.4, 0.5) is 5.13 Å². The summed E-state index contributed by atoms with van der Waals surface area (Å²) in [6.07, 6.45) is 0.